The Morgan fingerprint density at radius 1 is 1.28 bits per heavy atom. The van der Waals surface area contributed by atoms with Crippen molar-refractivity contribution in [3.63, 3.8) is 0 Å². The number of pyridine rings is 1. The molecule has 0 atom stereocenters. The molecule has 2 aromatic rings. The fraction of sp³-hybridized carbons (Fsp3) is 0.429. The van der Waals surface area contributed by atoms with Crippen LogP contribution in [0.3, 0.4) is 0 Å². The Hall–Kier alpha value is -1.68. The van der Waals surface area contributed by atoms with Gasteiger partial charge in [0, 0.05) is 30.0 Å². The van der Waals surface area contributed by atoms with E-state index < -0.39 is 0 Å². The van der Waals surface area contributed by atoms with Crippen LogP contribution in [0, 0.1) is 0 Å². The zero-order valence-electron chi connectivity index (χ0n) is 11.4. The van der Waals surface area contributed by atoms with Gasteiger partial charge in [-0.3, -0.25) is 4.57 Å². The van der Waals surface area contributed by atoms with E-state index in [2.05, 4.69) is 43.2 Å². The van der Waals surface area contributed by atoms with Crippen LogP contribution >= 0.6 is 0 Å². The molecule has 0 saturated heterocycles. The molecule has 0 fully saturated rings. The maximum absolute atomic E-state index is 4.72. The maximum atomic E-state index is 4.72. The molecular formula is C14H20N4. The first kappa shape index (κ1) is 12.8. The Bertz CT molecular complexity index is 509. The lowest BCUT2D eigenvalue weighted by Crippen LogP contribution is -2.17. The van der Waals surface area contributed by atoms with E-state index >= 15 is 0 Å². The van der Waals surface area contributed by atoms with E-state index in [4.69, 9.17) is 4.98 Å². The van der Waals surface area contributed by atoms with Crippen LogP contribution in [-0.4, -0.2) is 21.6 Å². The highest BCUT2D eigenvalue weighted by atomic mass is 15.1. The third-order valence-corrected chi connectivity index (χ3v) is 2.79. The van der Waals surface area contributed by atoms with Crippen molar-refractivity contribution >= 4 is 0 Å². The predicted octanol–water partition coefficient (Wildman–Crippen LogP) is 2.28. The van der Waals surface area contributed by atoms with Gasteiger partial charge in [-0.25, -0.2) is 9.97 Å². The van der Waals surface area contributed by atoms with Crippen molar-refractivity contribution in [1.29, 1.82) is 0 Å². The monoisotopic (exact) mass is 244 g/mol. The molecule has 4 nitrogen and oxygen atoms in total. The second-order valence-corrected chi connectivity index (χ2v) is 5.47. The van der Waals surface area contributed by atoms with E-state index in [0.29, 0.717) is 0 Å². The summed E-state index contributed by atoms with van der Waals surface area (Å²) in [5, 5.41) is 3.18. The van der Waals surface area contributed by atoms with Gasteiger partial charge in [-0.2, -0.15) is 0 Å². The summed E-state index contributed by atoms with van der Waals surface area (Å²) >= 11 is 0. The lowest BCUT2D eigenvalue weighted by molar-refractivity contribution is 0.565. The van der Waals surface area contributed by atoms with E-state index in [1.54, 1.807) is 12.5 Å². The molecule has 0 unspecified atom stereocenters. The first-order chi connectivity index (χ1) is 8.50. The molecule has 2 heterocycles. The van der Waals surface area contributed by atoms with Crippen LogP contribution in [0.25, 0.3) is 5.82 Å². The van der Waals surface area contributed by atoms with Crippen molar-refractivity contribution < 1.29 is 0 Å². The number of nitrogens with zero attached hydrogens (tertiary/aromatic N) is 3. The zero-order chi connectivity index (χ0) is 13.2. The van der Waals surface area contributed by atoms with Gasteiger partial charge in [-0.1, -0.05) is 20.8 Å². The molecule has 0 aliphatic rings. The number of imidazole rings is 1. The number of aromatic nitrogens is 3. The van der Waals surface area contributed by atoms with Crippen LogP contribution in [0.1, 0.15) is 32.0 Å². The third kappa shape index (κ3) is 2.76. The highest BCUT2D eigenvalue weighted by molar-refractivity contribution is 5.33. The van der Waals surface area contributed by atoms with Gasteiger partial charge >= 0.3 is 0 Å². The molecule has 0 saturated carbocycles. The summed E-state index contributed by atoms with van der Waals surface area (Å²) in [7, 11) is 1.95. The summed E-state index contributed by atoms with van der Waals surface area (Å²) in [6.07, 6.45) is 5.46. The summed E-state index contributed by atoms with van der Waals surface area (Å²) in [4.78, 5) is 8.80. The van der Waals surface area contributed by atoms with E-state index in [1.165, 1.54) is 5.56 Å². The summed E-state index contributed by atoms with van der Waals surface area (Å²) in [5.74, 6) is 0.921. The van der Waals surface area contributed by atoms with Gasteiger partial charge in [0.2, 0.25) is 0 Å². The Labute approximate surface area is 108 Å². The minimum atomic E-state index is 0.0408. The maximum Gasteiger partial charge on any atom is 0.138 e. The minimum absolute atomic E-state index is 0.0408. The minimum Gasteiger partial charge on any atom is -0.316 e. The Balaban J connectivity index is 2.50. The molecule has 2 rings (SSSR count). The molecule has 1 N–H and O–H groups in total. The number of hydrogen-bond acceptors (Lipinski definition) is 3. The zero-order valence-corrected chi connectivity index (χ0v) is 11.4. The smallest absolute Gasteiger partial charge is 0.138 e. The average molecular weight is 244 g/mol. The van der Waals surface area contributed by atoms with Crippen LogP contribution in [0.2, 0.25) is 0 Å². The first-order valence-corrected chi connectivity index (χ1v) is 6.15. The molecule has 0 aliphatic heterocycles. The van der Waals surface area contributed by atoms with Gasteiger partial charge in [0.05, 0.1) is 0 Å². The van der Waals surface area contributed by atoms with Crippen LogP contribution in [0.4, 0.5) is 0 Å². The number of hydrogen-bond donors (Lipinski definition) is 1. The van der Waals surface area contributed by atoms with Crippen molar-refractivity contribution in [3.05, 3.63) is 42.1 Å². The molecule has 4 heteroatoms. The lowest BCUT2D eigenvalue weighted by atomic mass is 9.90. The molecule has 0 amide bonds. The summed E-state index contributed by atoms with van der Waals surface area (Å²) < 4.78 is 1.94. The van der Waals surface area contributed by atoms with Gasteiger partial charge in [0.1, 0.15) is 12.1 Å². The Morgan fingerprint density at radius 3 is 2.61 bits per heavy atom. The Morgan fingerprint density at radius 2 is 2.06 bits per heavy atom. The second kappa shape index (κ2) is 4.90. The van der Waals surface area contributed by atoms with E-state index in [9.17, 15) is 0 Å². The lowest BCUT2D eigenvalue weighted by Gasteiger charge is -2.20. The fourth-order valence-corrected chi connectivity index (χ4v) is 1.79. The fourth-order valence-electron chi connectivity index (χ4n) is 1.79. The van der Waals surface area contributed by atoms with Gasteiger partial charge in [0.15, 0.2) is 0 Å². The van der Waals surface area contributed by atoms with Gasteiger partial charge in [-0.15, -0.1) is 0 Å². The van der Waals surface area contributed by atoms with Crippen molar-refractivity contribution in [1.82, 2.24) is 19.9 Å². The highest BCUT2D eigenvalue weighted by Gasteiger charge is 2.17. The van der Waals surface area contributed by atoms with Crippen LogP contribution in [0.5, 0.6) is 0 Å². The number of rotatable bonds is 3. The third-order valence-electron chi connectivity index (χ3n) is 2.79. The molecule has 2 aromatic heterocycles. The first-order valence-electron chi connectivity index (χ1n) is 6.15. The van der Waals surface area contributed by atoms with Gasteiger partial charge in [-0.05, 0) is 24.7 Å². The molecule has 18 heavy (non-hydrogen) atoms. The molecule has 0 aliphatic carbocycles. The summed E-state index contributed by atoms with van der Waals surface area (Å²) in [5.41, 5.74) is 2.37. The molecule has 0 spiro atoms. The van der Waals surface area contributed by atoms with Crippen LogP contribution in [0.15, 0.2) is 30.9 Å². The van der Waals surface area contributed by atoms with Crippen LogP contribution < -0.4 is 5.32 Å². The molecule has 96 valence electrons. The standard InChI is InChI=1S/C14H20N4/c1-14(2,3)12-7-11(9-15-4)8-13(17-12)18-6-5-16-10-18/h5-8,10,15H,9H2,1-4H3. The van der Waals surface area contributed by atoms with Gasteiger partial charge < -0.3 is 5.32 Å². The molecule has 0 radical (unpaired) electrons. The normalized spacial score (nSPS) is 11.8. The van der Waals surface area contributed by atoms with Crippen molar-refractivity contribution in [2.75, 3.05) is 7.05 Å². The largest absolute Gasteiger partial charge is 0.316 e. The average Bonchev–Trinajstić information content (AvgIpc) is 2.81. The van der Waals surface area contributed by atoms with Crippen molar-refractivity contribution in [3.8, 4) is 5.82 Å². The second-order valence-electron chi connectivity index (χ2n) is 5.47. The van der Waals surface area contributed by atoms with E-state index in [0.717, 1.165) is 18.1 Å². The number of nitrogens with one attached hydrogen (secondary N) is 1. The van der Waals surface area contributed by atoms with Crippen molar-refractivity contribution in [2.24, 2.45) is 0 Å². The summed E-state index contributed by atoms with van der Waals surface area (Å²) in [6, 6.07) is 4.25. The van der Waals surface area contributed by atoms with Crippen molar-refractivity contribution in [2.45, 2.75) is 32.7 Å². The Kier molecular flexibility index (Phi) is 3.48. The predicted molar refractivity (Wildman–Crippen MR) is 72.8 cm³/mol. The van der Waals surface area contributed by atoms with E-state index in [-0.39, 0.29) is 5.41 Å². The van der Waals surface area contributed by atoms with E-state index in [1.807, 2.05) is 17.8 Å². The molecular weight excluding hydrogens is 224 g/mol. The molecule has 0 aromatic carbocycles. The SMILES string of the molecule is CNCc1cc(-n2ccnc2)nc(C(C)(C)C)c1. The summed E-state index contributed by atoms with van der Waals surface area (Å²) in [6.45, 7) is 7.37. The highest BCUT2D eigenvalue weighted by Crippen LogP contribution is 2.22. The quantitative estimate of drug-likeness (QED) is 0.900. The van der Waals surface area contributed by atoms with Gasteiger partial charge in [0.25, 0.3) is 0 Å². The topological polar surface area (TPSA) is 42.7 Å². The van der Waals surface area contributed by atoms with Crippen LogP contribution in [-0.2, 0) is 12.0 Å². The molecule has 0 bridgehead atoms.